The predicted octanol–water partition coefficient (Wildman–Crippen LogP) is 2.44. The van der Waals surface area contributed by atoms with E-state index < -0.39 is 0 Å². The van der Waals surface area contributed by atoms with Crippen LogP contribution in [-0.2, 0) is 0 Å². The summed E-state index contributed by atoms with van der Waals surface area (Å²) in [5.74, 6) is 0.567. The van der Waals surface area contributed by atoms with Crippen molar-refractivity contribution in [2.75, 3.05) is 20.1 Å². The number of aromatic nitrogens is 2. The van der Waals surface area contributed by atoms with Gasteiger partial charge in [-0.25, -0.2) is 0 Å². The number of likely N-dealkylation sites (N-methyl/N-ethyl adjacent to an activating group) is 1. The Bertz CT molecular complexity index is 715. The fourth-order valence-electron chi connectivity index (χ4n) is 4.03. The first-order chi connectivity index (χ1) is 11.7. The molecule has 2 aromatic rings. The topological polar surface area (TPSA) is 62.5 Å². The molecule has 0 radical (unpaired) electrons. The number of hydrogen-bond donors (Lipinski definition) is 0. The second-order valence-corrected chi connectivity index (χ2v) is 6.72. The summed E-state index contributed by atoms with van der Waals surface area (Å²) in [5.41, 5.74) is 1.22. The smallest absolute Gasteiger partial charge is 0.276 e. The van der Waals surface area contributed by atoms with Gasteiger partial charge in [0.2, 0.25) is 0 Å². The largest absolute Gasteiger partial charge is 0.355 e. The molecule has 0 spiro atoms. The third-order valence-corrected chi connectivity index (χ3v) is 5.26. The number of nitrogens with zero attached hydrogens (tertiary/aromatic N) is 4. The van der Waals surface area contributed by atoms with Gasteiger partial charge >= 0.3 is 0 Å². The lowest BCUT2D eigenvalue weighted by Crippen LogP contribution is -2.47. The van der Waals surface area contributed by atoms with Crippen molar-refractivity contribution in [3.63, 3.8) is 0 Å². The SMILES string of the molecule is CN1CCC[C@H]1[C@@H]1CCCN1C(=O)c1cc(-c2cccnc2)on1. The van der Waals surface area contributed by atoms with Crippen molar-refractivity contribution in [2.24, 2.45) is 0 Å². The molecule has 4 heterocycles. The molecule has 6 heteroatoms. The van der Waals surface area contributed by atoms with E-state index in [0.717, 1.165) is 31.5 Å². The zero-order chi connectivity index (χ0) is 16.5. The van der Waals surface area contributed by atoms with Crippen LogP contribution in [0.4, 0.5) is 0 Å². The van der Waals surface area contributed by atoms with Crippen LogP contribution in [-0.4, -0.2) is 58.1 Å². The first-order valence-corrected chi connectivity index (χ1v) is 8.62. The lowest BCUT2D eigenvalue weighted by atomic mass is 10.0. The Balaban J connectivity index is 1.54. The Labute approximate surface area is 141 Å². The summed E-state index contributed by atoms with van der Waals surface area (Å²) in [7, 11) is 2.16. The molecule has 1 amide bonds. The van der Waals surface area contributed by atoms with Crippen molar-refractivity contribution in [3.05, 3.63) is 36.3 Å². The Morgan fingerprint density at radius 1 is 1.25 bits per heavy atom. The monoisotopic (exact) mass is 326 g/mol. The van der Waals surface area contributed by atoms with Gasteiger partial charge in [-0.1, -0.05) is 5.16 Å². The van der Waals surface area contributed by atoms with Gasteiger partial charge in [-0.3, -0.25) is 9.78 Å². The molecule has 2 aliphatic heterocycles. The Kier molecular flexibility index (Phi) is 4.06. The number of hydrogen-bond acceptors (Lipinski definition) is 5. The zero-order valence-electron chi connectivity index (χ0n) is 13.9. The van der Waals surface area contributed by atoms with Crippen LogP contribution in [0.15, 0.2) is 35.1 Å². The Hall–Kier alpha value is -2.21. The highest BCUT2D eigenvalue weighted by atomic mass is 16.5. The van der Waals surface area contributed by atoms with Crippen molar-refractivity contribution in [1.29, 1.82) is 0 Å². The quantitative estimate of drug-likeness (QED) is 0.867. The maximum atomic E-state index is 12.9. The number of amides is 1. The molecular formula is C18H22N4O2. The minimum atomic E-state index is -0.0170. The average molecular weight is 326 g/mol. The molecular weight excluding hydrogens is 304 g/mol. The molecule has 0 bridgehead atoms. The third kappa shape index (κ3) is 2.71. The van der Waals surface area contributed by atoms with Crippen LogP contribution >= 0.6 is 0 Å². The average Bonchev–Trinajstić information content (AvgIpc) is 3.35. The first-order valence-electron chi connectivity index (χ1n) is 8.62. The van der Waals surface area contributed by atoms with Crippen LogP contribution < -0.4 is 0 Å². The van der Waals surface area contributed by atoms with Gasteiger partial charge in [0.1, 0.15) is 0 Å². The highest BCUT2D eigenvalue weighted by Gasteiger charge is 2.39. The van der Waals surface area contributed by atoms with Gasteiger partial charge in [0.25, 0.3) is 5.91 Å². The highest BCUT2D eigenvalue weighted by Crippen LogP contribution is 2.30. The number of carbonyl (C=O) groups excluding carboxylic acids is 1. The van der Waals surface area contributed by atoms with Gasteiger partial charge in [-0.05, 0) is 51.4 Å². The molecule has 0 unspecified atom stereocenters. The van der Waals surface area contributed by atoms with E-state index >= 15 is 0 Å². The standard InChI is InChI=1S/C18H22N4O2/c1-21-9-3-6-15(21)16-7-4-10-22(16)18(23)14-11-17(24-20-14)13-5-2-8-19-12-13/h2,5,8,11-12,15-16H,3-4,6-7,9-10H2,1H3/t15-,16-/m0/s1. The highest BCUT2D eigenvalue weighted by molar-refractivity contribution is 5.93. The lowest BCUT2D eigenvalue weighted by molar-refractivity contribution is 0.0654. The molecule has 6 nitrogen and oxygen atoms in total. The predicted molar refractivity (Wildman–Crippen MR) is 89.4 cm³/mol. The third-order valence-electron chi connectivity index (χ3n) is 5.26. The fraction of sp³-hybridized carbons (Fsp3) is 0.500. The minimum absolute atomic E-state index is 0.0170. The minimum Gasteiger partial charge on any atom is -0.355 e. The zero-order valence-corrected chi connectivity index (χ0v) is 13.9. The van der Waals surface area contributed by atoms with Crippen molar-refractivity contribution in [2.45, 2.75) is 37.8 Å². The number of likely N-dealkylation sites (tertiary alicyclic amines) is 2. The van der Waals surface area contributed by atoms with Gasteiger partial charge in [-0.2, -0.15) is 0 Å². The Morgan fingerprint density at radius 2 is 2.08 bits per heavy atom. The molecule has 0 saturated carbocycles. The van der Waals surface area contributed by atoms with Crippen LogP contribution in [0.5, 0.6) is 0 Å². The van der Waals surface area contributed by atoms with E-state index in [1.54, 1.807) is 18.5 Å². The van der Waals surface area contributed by atoms with Gasteiger partial charge in [0, 0.05) is 42.7 Å². The maximum Gasteiger partial charge on any atom is 0.276 e. The van der Waals surface area contributed by atoms with Crippen molar-refractivity contribution in [1.82, 2.24) is 19.9 Å². The molecule has 2 atom stereocenters. The first kappa shape index (κ1) is 15.3. The van der Waals surface area contributed by atoms with Crippen LogP contribution in [0.25, 0.3) is 11.3 Å². The van der Waals surface area contributed by atoms with Crippen LogP contribution in [0.1, 0.15) is 36.2 Å². The van der Waals surface area contributed by atoms with Crippen molar-refractivity contribution in [3.8, 4) is 11.3 Å². The second kappa shape index (κ2) is 6.36. The summed E-state index contributed by atoms with van der Waals surface area (Å²) in [5, 5.41) is 4.01. The molecule has 24 heavy (non-hydrogen) atoms. The number of rotatable bonds is 3. The normalized spacial score (nSPS) is 24.6. The van der Waals surface area contributed by atoms with E-state index in [1.807, 2.05) is 17.0 Å². The number of pyridine rings is 1. The molecule has 2 aliphatic rings. The molecule has 0 N–H and O–H groups in total. The van der Waals surface area contributed by atoms with Crippen LogP contribution in [0.3, 0.4) is 0 Å². The summed E-state index contributed by atoms with van der Waals surface area (Å²) >= 11 is 0. The Morgan fingerprint density at radius 3 is 2.83 bits per heavy atom. The molecule has 126 valence electrons. The second-order valence-electron chi connectivity index (χ2n) is 6.72. The lowest BCUT2D eigenvalue weighted by Gasteiger charge is -2.32. The summed E-state index contributed by atoms with van der Waals surface area (Å²) in [6.07, 6.45) is 7.95. The van der Waals surface area contributed by atoms with E-state index in [9.17, 15) is 4.79 Å². The van der Waals surface area contributed by atoms with Gasteiger partial charge in [0.15, 0.2) is 11.5 Å². The summed E-state index contributed by atoms with van der Waals surface area (Å²) in [6, 6.07) is 6.23. The molecule has 2 aromatic heterocycles. The van der Waals surface area contributed by atoms with Crippen molar-refractivity contribution >= 4 is 5.91 Å². The van der Waals surface area contributed by atoms with E-state index in [4.69, 9.17) is 4.52 Å². The molecule has 0 aliphatic carbocycles. The summed E-state index contributed by atoms with van der Waals surface area (Å²) < 4.78 is 5.37. The summed E-state index contributed by atoms with van der Waals surface area (Å²) in [6.45, 7) is 1.93. The molecule has 0 aromatic carbocycles. The molecule has 2 fully saturated rings. The van der Waals surface area contributed by atoms with E-state index in [-0.39, 0.29) is 5.91 Å². The number of carbonyl (C=O) groups is 1. The molecule has 4 rings (SSSR count). The summed E-state index contributed by atoms with van der Waals surface area (Å²) in [4.78, 5) is 21.4. The fourth-order valence-corrected chi connectivity index (χ4v) is 4.03. The van der Waals surface area contributed by atoms with Crippen molar-refractivity contribution < 1.29 is 9.32 Å². The van der Waals surface area contributed by atoms with Gasteiger partial charge < -0.3 is 14.3 Å². The van der Waals surface area contributed by atoms with E-state index in [0.29, 0.717) is 23.5 Å². The van der Waals surface area contributed by atoms with Gasteiger partial charge in [0.05, 0.1) is 0 Å². The molecule has 2 saturated heterocycles. The van der Waals surface area contributed by atoms with Crippen LogP contribution in [0, 0.1) is 0 Å². The van der Waals surface area contributed by atoms with Crippen LogP contribution in [0.2, 0.25) is 0 Å². The van der Waals surface area contributed by atoms with E-state index in [2.05, 4.69) is 22.1 Å². The van der Waals surface area contributed by atoms with E-state index in [1.165, 1.54) is 12.8 Å². The maximum absolute atomic E-state index is 12.9. The van der Waals surface area contributed by atoms with Gasteiger partial charge in [-0.15, -0.1) is 0 Å².